The van der Waals surface area contributed by atoms with E-state index in [-0.39, 0.29) is 5.78 Å². The van der Waals surface area contributed by atoms with Crippen molar-refractivity contribution in [3.63, 3.8) is 0 Å². The van der Waals surface area contributed by atoms with Crippen LogP contribution in [0.2, 0.25) is 0 Å². The molecule has 1 fully saturated rings. The number of rotatable bonds is 6. The standard InChI is InChI=1S/C13H20BrN3O3/c1-3-16-4-7-20-11(9-16)13(18)12-10(14)8-15-17(12)5-6-19-2/h8,11H,3-7,9H2,1-2H3. The maximum Gasteiger partial charge on any atom is 0.211 e. The topological polar surface area (TPSA) is 56.6 Å². The number of methoxy groups -OCH3 is 1. The lowest BCUT2D eigenvalue weighted by atomic mass is 10.1. The molecule has 20 heavy (non-hydrogen) atoms. The molecule has 0 amide bonds. The Morgan fingerprint density at radius 1 is 1.65 bits per heavy atom. The zero-order valence-corrected chi connectivity index (χ0v) is 13.4. The second-order valence-corrected chi connectivity index (χ2v) is 5.53. The molecule has 1 saturated heterocycles. The fourth-order valence-electron chi connectivity index (χ4n) is 2.26. The number of carbonyl (C=O) groups excluding carboxylic acids is 1. The average molecular weight is 346 g/mol. The molecule has 0 aromatic carbocycles. The normalized spacial score (nSPS) is 20.2. The van der Waals surface area contributed by atoms with Crippen molar-refractivity contribution in [2.45, 2.75) is 19.6 Å². The molecule has 1 aromatic rings. The number of hydrogen-bond donors (Lipinski definition) is 0. The lowest BCUT2D eigenvalue weighted by Crippen LogP contribution is -2.46. The molecule has 0 spiro atoms. The highest BCUT2D eigenvalue weighted by Gasteiger charge is 2.30. The maximum atomic E-state index is 12.6. The third-order valence-corrected chi connectivity index (χ3v) is 4.01. The molecule has 0 radical (unpaired) electrons. The minimum absolute atomic E-state index is 0.0244. The van der Waals surface area contributed by atoms with Crippen LogP contribution in [0.4, 0.5) is 0 Å². The molecule has 112 valence electrons. The third-order valence-electron chi connectivity index (χ3n) is 3.43. The lowest BCUT2D eigenvalue weighted by Gasteiger charge is -2.31. The number of ether oxygens (including phenoxy) is 2. The fourth-order valence-corrected chi connectivity index (χ4v) is 2.75. The van der Waals surface area contributed by atoms with Crippen LogP contribution >= 0.6 is 15.9 Å². The van der Waals surface area contributed by atoms with Gasteiger partial charge in [-0.3, -0.25) is 14.4 Å². The van der Waals surface area contributed by atoms with Gasteiger partial charge in [0.05, 0.1) is 30.4 Å². The zero-order valence-electron chi connectivity index (χ0n) is 11.8. The summed E-state index contributed by atoms with van der Waals surface area (Å²) in [6.45, 7) is 6.19. The van der Waals surface area contributed by atoms with Crippen LogP contribution in [-0.2, 0) is 16.0 Å². The largest absolute Gasteiger partial charge is 0.383 e. The van der Waals surface area contributed by atoms with Gasteiger partial charge in [0, 0.05) is 20.2 Å². The molecule has 1 atom stereocenters. The first-order chi connectivity index (χ1) is 9.67. The summed E-state index contributed by atoms with van der Waals surface area (Å²) < 4.78 is 13.0. The molecule has 1 aromatic heterocycles. The van der Waals surface area contributed by atoms with Crippen LogP contribution in [0.5, 0.6) is 0 Å². The van der Waals surface area contributed by atoms with Crippen LogP contribution < -0.4 is 0 Å². The minimum atomic E-state index is -0.419. The van der Waals surface area contributed by atoms with E-state index in [4.69, 9.17) is 9.47 Å². The zero-order chi connectivity index (χ0) is 14.5. The van der Waals surface area contributed by atoms with Crippen LogP contribution in [0.15, 0.2) is 10.7 Å². The van der Waals surface area contributed by atoms with Crippen LogP contribution in [0.25, 0.3) is 0 Å². The molecule has 7 heteroatoms. The summed E-state index contributed by atoms with van der Waals surface area (Å²) in [5, 5.41) is 4.21. The molecule has 0 aliphatic carbocycles. The SMILES string of the molecule is CCN1CCOC(C(=O)c2c(Br)cnn2CCOC)C1. The van der Waals surface area contributed by atoms with Crippen molar-refractivity contribution < 1.29 is 14.3 Å². The quantitative estimate of drug-likeness (QED) is 0.725. The van der Waals surface area contributed by atoms with Crippen LogP contribution in [0.3, 0.4) is 0 Å². The third kappa shape index (κ3) is 3.46. The van der Waals surface area contributed by atoms with Gasteiger partial charge in [0.25, 0.3) is 0 Å². The van der Waals surface area contributed by atoms with Gasteiger partial charge in [-0.15, -0.1) is 0 Å². The molecule has 2 rings (SSSR count). The van der Waals surface area contributed by atoms with Crippen molar-refractivity contribution in [3.8, 4) is 0 Å². The number of halogens is 1. The summed E-state index contributed by atoms with van der Waals surface area (Å²) in [5.41, 5.74) is 0.560. The predicted octanol–water partition coefficient (Wildman–Crippen LogP) is 1.20. The van der Waals surface area contributed by atoms with Gasteiger partial charge in [-0.05, 0) is 22.5 Å². The Hall–Kier alpha value is -0.760. The fraction of sp³-hybridized carbons (Fsp3) is 0.692. The first-order valence-corrected chi connectivity index (χ1v) is 7.55. The van der Waals surface area contributed by atoms with E-state index in [0.717, 1.165) is 13.1 Å². The number of hydrogen-bond acceptors (Lipinski definition) is 5. The second-order valence-electron chi connectivity index (χ2n) is 4.67. The highest BCUT2D eigenvalue weighted by atomic mass is 79.9. The van der Waals surface area contributed by atoms with Gasteiger partial charge in [-0.1, -0.05) is 6.92 Å². The van der Waals surface area contributed by atoms with Crippen LogP contribution in [0.1, 0.15) is 17.4 Å². The minimum Gasteiger partial charge on any atom is -0.383 e. The molecule has 1 aliphatic heterocycles. The lowest BCUT2D eigenvalue weighted by molar-refractivity contribution is -0.0154. The summed E-state index contributed by atoms with van der Waals surface area (Å²) in [7, 11) is 1.63. The van der Waals surface area contributed by atoms with Gasteiger partial charge in [0.15, 0.2) is 0 Å². The molecule has 6 nitrogen and oxygen atoms in total. The van der Waals surface area contributed by atoms with E-state index in [1.165, 1.54) is 0 Å². The van der Waals surface area contributed by atoms with Crippen molar-refractivity contribution in [2.75, 3.05) is 40.0 Å². The van der Waals surface area contributed by atoms with E-state index in [1.54, 1.807) is 18.0 Å². The van der Waals surface area contributed by atoms with Crippen molar-refractivity contribution in [2.24, 2.45) is 0 Å². The molecular weight excluding hydrogens is 326 g/mol. The first kappa shape index (κ1) is 15.6. The number of aromatic nitrogens is 2. The molecule has 1 aliphatic rings. The molecule has 1 unspecified atom stereocenters. The van der Waals surface area contributed by atoms with E-state index >= 15 is 0 Å². The molecule has 0 saturated carbocycles. The van der Waals surface area contributed by atoms with Gasteiger partial charge in [0.2, 0.25) is 5.78 Å². The van der Waals surface area contributed by atoms with Crippen molar-refractivity contribution >= 4 is 21.7 Å². The van der Waals surface area contributed by atoms with Crippen molar-refractivity contribution in [1.29, 1.82) is 0 Å². The molecule has 0 bridgehead atoms. The van der Waals surface area contributed by atoms with Crippen LogP contribution in [0, 0.1) is 0 Å². The summed E-state index contributed by atoms with van der Waals surface area (Å²) in [5.74, 6) is -0.0244. The molecule has 0 N–H and O–H groups in total. The van der Waals surface area contributed by atoms with E-state index < -0.39 is 6.10 Å². The molecular formula is C13H20BrN3O3. The summed E-state index contributed by atoms with van der Waals surface area (Å²) in [6.07, 6.45) is 1.22. The predicted molar refractivity (Wildman–Crippen MR) is 78.0 cm³/mol. The monoisotopic (exact) mass is 345 g/mol. The summed E-state index contributed by atoms with van der Waals surface area (Å²) in [4.78, 5) is 14.9. The Morgan fingerprint density at radius 2 is 2.45 bits per heavy atom. The Kier molecular flexibility index (Phi) is 5.71. The van der Waals surface area contributed by atoms with Gasteiger partial charge in [-0.2, -0.15) is 5.10 Å². The van der Waals surface area contributed by atoms with Crippen molar-refractivity contribution in [3.05, 3.63) is 16.4 Å². The first-order valence-electron chi connectivity index (χ1n) is 6.75. The van der Waals surface area contributed by atoms with E-state index in [2.05, 4.69) is 32.9 Å². The number of Topliss-reactive ketones (excluding diaryl/α,β-unsaturated/α-hetero) is 1. The Labute approximate surface area is 127 Å². The number of nitrogens with zero attached hydrogens (tertiary/aromatic N) is 3. The maximum absolute atomic E-state index is 12.6. The highest BCUT2D eigenvalue weighted by molar-refractivity contribution is 9.10. The number of morpholine rings is 1. The average Bonchev–Trinajstić information content (AvgIpc) is 2.85. The Balaban J connectivity index is 2.13. The molecule has 2 heterocycles. The van der Waals surface area contributed by atoms with Gasteiger partial charge in [-0.25, -0.2) is 0 Å². The van der Waals surface area contributed by atoms with Crippen LogP contribution in [-0.4, -0.2) is 66.5 Å². The van der Waals surface area contributed by atoms with E-state index in [1.807, 2.05) is 0 Å². The van der Waals surface area contributed by atoms with Gasteiger partial charge in [0.1, 0.15) is 11.8 Å². The number of likely N-dealkylation sites (N-methyl/N-ethyl adjacent to an activating group) is 1. The number of ketones is 1. The number of carbonyl (C=O) groups is 1. The van der Waals surface area contributed by atoms with Crippen molar-refractivity contribution in [1.82, 2.24) is 14.7 Å². The Morgan fingerprint density at radius 3 is 3.15 bits per heavy atom. The van der Waals surface area contributed by atoms with Gasteiger partial charge >= 0.3 is 0 Å². The van der Waals surface area contributed by atoms with Gasteiger partial charge < -0.3 is 9.47 Å². The summed E-state index contributed by atoms with van der Waals surface area (Å²) >= 11 is 3.39. The van der Waals surface area contributed by atoms with E-state index in [0.29, 0.717) is 36.5 Å². The summed E-state index contributed by atoms with van der Waals surface area (Å²) in [6, 6.07) is 0. The smallest absolute Gasteiger partial charge is 0.211 e. The van der Waals surface area contributed by atoms with E-state index in [9.17, 15) is 4.79 Å². The Bertz CT molecular complexity index is 464. The highest BCUT2D eigenvalue weighted by Crippen LogP contribution is 2.20. The second kappa shape index (κ2) is 7.31.